The highest BCUT2D eigenvalue weighted by atomic mass is 16.5. The lowest BCUT2D eigenvalue weighted by atomic mass is 10.1. The minimum absolute atomic E-state index is 0.0919. The number of aromatic hydroxyl groups is 1. The van der Waals surface area contributed by atoms with Crippen LogP contribution in [0.15, 0.2) is 24.4 Å². The third kappa shape index (κ3) is 2.69. The fourth-order valence-electron chi connectivity index (χ4n) is 1.68. The van der Waals surface area contributed by atoms with Crippen molar-refractivity contribution in [2.45, 2.75) is 12.8 Å². The monoisotopic (exact) mass is 233 g/mol. The smallest absolute Gasteiger partial charge is 0.208 e. The van der Waals surface area contributed by atoms with Crippen LogP contribution in [0.25, 0.3) is 0 Å². The molecule has 0 saturated heterocycles. The predicted molar refractivity (Wildman–Crippen MR) is 65.1 cm³/mol. The number of nitrogen functional groups attached to an aromatic ring is 1. The maximum atomic E-state index is 9.11. The molecule has 0 spiro atoms. The third-order valence-electron chi connectivity index (χ3n) is 2.56. The number of aromatic nitrogens is 2. The first kappa shape index (κ1) is 11.3. The van der Waals surface area contributed by atoms with E-state index >= 15 is 0 Å². The average molecular weight is 233 g/mol. The Kier molecular flexibility index (Phi) is 3.18. The van der Waals surface area contributed by atoms with Crippen LogP contribution in [0.3, 0.4) is 0 Å². The van der Waals surface area contributed by atoms with E-state index in [1.807, 2.05) is 18.2 Å². The summed E-state index contributed by atoms with van der Waals surface area (Å²) < 4.78 is 5.09. The van der Waals surface area contributed by atoms with Gasteiger partial charge in [0.1, 0.15) is 11.6 Å². The third-order valence-corrected chi connectivity index (χ3v) is 2.56. The number of H-pyrrole nitrogens is 1. The standard InChI is InChI=1S/C12H15N3O2/c1-17-10-4-2-8(6-9(10)13)3-5-11-14-7-12(16)15-11/h2,4,6-7,16H,3,5,13H2,1H3,(H,14,15). The molecule has 2 aromatic rings. The summed E-state index contributed by atoms with van der Waals surface area (Å²) in [6.07, 6.45) is 2.94. The Bertz CT molecular complexity index is 508. The highest BCUT2D eigenvalue weighted by Gasteiger charge is 2.03. The summed E-state index contributed by atoms with van der Waals surface area (Å²) in [5, 5.41) is 9.11. The van der Waals surface area contributed by atoms with Crippen molar-refractivity contribution in [2.75, 3.05) is 12.8 Å². The number of rotatable bonds is 4. The summed E-state index contributed by atoms with van der Waals surface area (Å²) in [5.74, 6) is 1.54. The second-order valence-corrected chi connectivity index (χ2v) is 3.79. The van der Waals surface area contributed by atoms with Crippen molar-refractivity contribution in [1.29, 1.82) is 0 Å². The highest BCUT2D eigenvalue weighted by molar-refractivity contribution is 5.54. The van der Waals surface area contributed by atoms with Gasteiger partial charge in [0.05, 0.1) is 19.0 Å². The number of ether oxygens (including phenoxy) is 1. The summed E-state index contributed by atoms with van der Waals surface area (Å²) in [6.45, 7) is 0. The maximum Gasteiger partial charge on any atom is 0.208 e. The highest BCUT2D eigenvalue weighted by Crippen LogP contribution is 2.22. The average Bonchev–Trinajstić information content (AvgIpc) is 2.73. The van der Waals surface area contributed by atoms with Crippen molar-refractivity contribution in [3.05, 3.63) is 35.8 Å². The number of benzene rings is 1. The van der Waals surface area contributed by atoms with Crippen molar-refractivity contribution < 1.29 is 9.84 Å². The summed E-state index contributed by atoms with van der Waals surface area (Å²) in [5.41, 5.74) is 7.56. The number of nitrogens with zero attached hydrogens (tertiary/aromatic N) is 1. The van der Waals surface area contributed by atoms with Gasteiger partial charge in [0, 0.05) is 6.42 Å². The van der Waals surface area contributed by atoms with Crippen molar-refractivity contribution in [2.24, 2.45) is 0 Å². The fourth-order valence-corrected chi connectivity index (χ4v) is 1.68. The molecule has 0 atom stereocenters. The summed E-state index contributed by atoms with van der Waals surface area (Å²) >= 11 is 0. The zero-order valence-corrected chi connectivity index (χ0v) is 9.60. The molecule has 0 fully saturated rings. The molecule has 0 saturated carbocycles. The Hall–Kier alpha value is -2.17. The van der Waals surface area contributed by atoms with Gasteiger partial charge in [-0.3, -0.25) is 0 Å². The molecule has 1 aromatic carbocycles. The van der Waals surface area contributed by atoms with E-state index < -0.39 is 0 Å². The van der Waals surface area contributed by atoms with Crippen LogP contribution in [0.5, 0.6) is 11.6 Å². The van der Waals surface area contributed by atoms with Crippen LogP contribution >= 0.6 is 0 Å². The zero-order valence-electron chi connectivity index (χ0n) is 9.60. The van der Waals surface area contributed by atoms with Crippen LogP contribution in [0.1, 0.15) is 11.4 Å². The van der Waals surface area contributed by atoms with Crippen molar-refractivity contribution in [3.8, 4) is 11.6 Å². The normalized spacial score (nSPS) is 10.4. The minimum atomic E-state index is 0.0919. The molecule has 0 aliphatic rings. The molecule has 0 aliphatic carbocycles. The minimum Gasteiger partial charge on any atom is -0.495 e. The van der Waals surface area contributed by atoms with Crippen molar-refractivity contribution >= 4 is 5.69 Å². The topological polar surface area (TPSA) is 84.2 Å². The lowest BCUT2D eigenvalue weighted by molar-refractivity contribution is 0.417. The molecular formula is C12H15N3O2. The number of imidazole rings is 1. The van der Waals surface area contributed by atoms with Gasteiger partial charge in [0.15, 0.2) is 0 Å². The van der Waals surface area contributed by atoms with Crippen LogP contribution in [0.4, 0.5) is 5.69 Å². The lowest BCUT2D eigenvalue weighted by Gasteiger charge is -2.06. The molecule has 4 N–H and O–H groups in total. The molecule has 90 valence electrons. The fraction of sp³-hybridized carbons (Fsp3) is 0.250. The first-order valence-corrected chi connectivity index (χ1v) is 5.34. The molecule has 2 rings (SSSR count). The quantitative estimate of drug-likeness (QED) is 0.698. The summed E-state index contributed by atoms with van der Waals surface area (Å²) in [6, 6.07) is 5.71. The van der Waals surface area contributed by atoms with Gasteiger partial charge < -0.3 is 20.6 Å². The van der Waals surface area contributed by atoms with Gasteiger partial charge in [-0.1, -0.05) is 6.07 Å². The van der Waals surface area contributed by atoms with Gasteiger partial charge in [0.2, 0.25) is 5.88 Å². The molecule has 0 radical (unpaired) electrons. The molecule has 1 aromatic heterocycles. The van der Waals surface area contributed by atoms with Gasteiger partial charge in [-0.25, -0.2) is 4.98 Å². The molecule has 17 heavy (non-hydrogen) atoms. The van der Waals surface area contributed by atoms with Crippen molar-refractivity contribution in [3.63, 3.8) is 0 Å². The van der Waals surface area contributed by atoms with Crippen LogP contribution in [0, 0.1) is 0 Å². The summed E-state index contributed by atoms with van der Waals surface area (Å²) in [7, 11) is 1.59. The van der Waals surface area contributed by atoms with E-state index in [1.54, 1.807) is 7.11 Å². The number of nitrogens with one attached hydrogen (secondary N) is 1. The van der Waals surface area contributed by atoms with Crippen LogP contribution in [0.2, 0.25) is 0 Å². The number of aryl methyl sites for hydroxylation is 2. The second-order valence-electron chi connectivity index (χ2n) is 3.79. The summed E-state index contributed by atoms with van der Waals surface area (Å²) in [4.78, 5) is 6.80. The maximum absolute atomic E-state index is 9.11. The molecule has 0 unspecified atom stereocenters. The molecule has 5 nitrogen and oxygen atoms in total. The number of anilines is 1. The Labute approximate surface area is 99.3 Å². The van der Waals surface area contributed by atoms with Gasteiger partial charge in [-0.2, -0.15) is 0 Å². The van der Waals surface area contributed by atoms with Gasteiger partial charge in [-0.15, -0.1) is 0 Å². The Morgan fingerprint density at radius 1 is 1.41 bits per heavy atom. The Morgan fingerprint density at radius 2 is 2.24 bits per heavy atom. The largest absolute Gasteiger partial charge is 0.495 e. The number of hydrogen-bond acceptors (Lipinski definition) is 4. The van der Waals surface area contributed by atoms with E-state index in [1.165, 1.54) is 6.20 Å². The molecule has 0 aliphatic heterocycles. The van der Waals surface area contributed by atoms with Crippen LogP contribution in [-0.4, -0.2) is 22.2 Å². The van der Waals surface area contributed by atoms with E-state index in [9.17, 15) is 0 Å². The van der Waals surface area contributed by atoms with Gasteiger partial charge >= 0.3 is 0 Å². The molecule has 0 bridgehead atoms. The van der Waals surface area contributed by atoms with Crippen LogP contribution < -0.4 is 10.5 Å². The number of methoxy groups -OCH3 is 1. The number of aromatic amines is 1. The van der Waals surface area contributed by atoms with E-state index in [4.69, 9.17) is 15.6 Å². The molecule has 1 heterocycles. The van der Waals surface area contributed by atoms with Gasteiger partial charge in [0.25, 0.3) is 0 Å². The second kappa shape index (κ2) is 4.78. The Balaban J connectivity index is 2.02. The SMILES string of the molecule is COc1ccc(CCc2ncc(O)[nH]2)cc1N. The predicted octanol–water partition coefficient (Wildman–Crippen LogP) is 1.49. The Morgan fingerprint density at radius 3 is 2.82 bits per heavy atom. The van der Waals surface area contributed by atoms with Gasteiger partial charge in [-0.05, 0) is 24.1 Å². The van der Waals surface area contributed by atoms with E-state index in [0.29, 0.717) is 11.4 Å². The van der Waals surface area contributed by atoms with Crippen LogP contribution in [-0.2, 0) is 12.8 Å². The lowest BCUT2D eigenvalue weighted by Crippen LogP contribution is -1.97. The van der Waals surface area contributed by atoms with E-state index in [0.717, 1.165) is 24.2 Å². The number of hydrogen-bond donors (Lipinski definition) is 3. The first-order valence-electron chi connectivity index (χ1n) is 5.34. The zero-order chi connectivity index (χ0) is 12.3. The molecular weight excluding hydrogens is 218 g/mol. The molecule has 0 amide bonds. The first-order chi connectivity index (χ1) is 8.19. The van der Waals surface area contributed by atoms with Crippen molar-refractivity contribution in [1.82, 2.24) is 9.97 Å². The van der Waals surface area contributed by atoms with E-state index in [-0.39, 0.29) is 5.88 Å². The number of nitrogens with two attached hydrogens (primary N) is 1. The van der Waals surface area contributed by atoms with E-state index in [2.05, 4.69) is 9.97 Å². The molecule has 5 heteroatoms.